The van der Waals surface area contributed by atoms with Crippen molar-refractivity contribution in [2.45, 2.75) is 17.1 Å². The molecular formula is C25H27F3N6O10S. The summed E-state index contributed by atoms with van der Waals surface area (Å²) in [4.78, 5) is 48.6. The number of nitrogens with one attached hydrogen (secondary N) is 3. The van der Waals surface area contributed by atoms with Crippen molar-refractivity contribution in [3.05, 3.63) is 48.0 Å². The van der Waals surface area contributed by atoms with Crippen LogP contribution in [0.3, 0.4) is 0 Å². The lowest BCUT2D eigenvalue weighted by Crippen LogP contribution is -2.54. The fraction of sp³-hybridized carbons (Fsp3) is 0.320. The number of hydrogen-bond donors (Lipinski definition) is 6. The summed E-state index contributed by atoms with van der Waals surface area (Å²) < 4.78 is 69.5. The molecule has 0 radical (unpaired) electrons. The molecule has 0 aliphatic carbocycles. The zero-order chi connectivity index (χ0) is 33.5. The number of ether oxygens (including phenoxy) is 2. The number of piperazine rings is 1. The minimum atomic E-state index is -5.08. The number of sulfonamides is 1. The molecule has 2 aromatic carbocycles. The van der Waals surface area contributed by atoms with Gasteiger partial charge in [-0.1, -0.05) is 0 Å². The lowest BCUT2D eigenvalue weighted by atomic mass is 10.1. The molecule has 244 valence electrons. The van der Waals surface area contributed by atoms with E-state index in [-0.39, 0.29) is 48.8 Å². The lowest BCUT2D eigenvalue weighted by molar-refractivity contribution is -0.192. The smallest absolute Gasteiger partial charge is 0.480 e. The van der Waals surface area contributed by atoms with E-state index in [1.807, 2.05) is 4.90 Å². The topological polar surface area (TPSA) is 242 Å². The van der Waals surface area contributed by atoms with Crippen LogP contribution >= 0.6 is 0 Å². The Kier molecular flexibility index (Phi) is 10.8. The number of nitrogens with two attached hydrogens (primary N) is 1. The summed E-state index contributed by atoms with van der Waals surface area (Å²) in [5.74, 6) is -4.67. The average Bonchev–Trinajstić information content (AvgIpc) is 3.44. The highest BCUT2D eigenvalue weighted by Crippen LogP contribution is 2.33. The standard InChI is InChI=1S/C23H26N6O8S.C2HF3O2/c24-22(25)14-1-3-15(4-2-14)28-7-8-29(21(31)12-28)11-20(30)26-10-17(23(32)33)27-38(34,35)16-5-6-18-19(9-16)37-13-36-18;3-2(4,5)1(6)7/h1-6,9,17,27H,7-8,10-13H2,(H3,24,25)(H,26,30)(H,32,33);(H,6,7)/t17-;/m0./s1. The van der Waals surface area contributed by atoms with E-state index in [2.05, 4.69) is 10.0 Å². The molecule has 0 bridgehead atoms. The lowest BCUT2D eigenvalue weighted by Gasteiger charge is -2.35. The Labute approximate surface area is 253 Å². The Balaban J connectivity index is 0.000000707. The van der Waals surface area contributed by atoms with Gasteiger partial charge in [0.2, 0.25) is 28.6 Å². The highest BCUT2D eigenvalue weighted by molar-refractivity contribution is 7.89. The molecule has 1 atom stereocenters. The Morgan fingerprint density at radius 1 is 1.04 bits per heavy atom. The summed E-state index contributed by atoms with van der Waals surface area (Å²) >= 11 is 0. The van der Waals surface area contributed by atoms with E-state index < -0.39 is 46.6 Å². The fourth-order valence-corrected chi connectivity index (χ4v) is 5.08. The first-order chi connectivity index (χ1) is 21.0. The number of benzene rings is 2. The van der Waals surface area contributed by atoms with Gasteiger partial charge in [0.1, 0.15) is 11.9 Å². The second-order valence-corrected chi connectivity index (χ2v) is 11.0. The van der Waals surface area contributed by atoms with Gasteiger partial charge in [0, 0.05) is 37.0 Å². The van der Waals surface area contributed by atoms with Crippen LogP contribution in [0.2, 0.25) is 0 Å². The van der Waals surface area contributed by atoms with Crippen molar-refractivity contribution in [2.75, 3.05) is 44.4 Å². The highest BCUT2D eigenvalue weighted by Gasteiger charge is 2.38. The second-order valence-electron chi connectivity index (χ2n) is 9.33. The molecule has 0 unspecified atom stereocenters. The summed E-state index contributed by atoms with van der Waals surface area (Å²) in [6.07, 6.45) is -5.08. The van der Waals surface area contributed by atoms with Crippen molar-refractivity contribution in [2.24, 2.45) is 5.73 Å². The zero-order valence-electron chi connectivity index (χ0n) is 23.0. The molecule has 7 N–H and O–H groups in total. The van der Waals surface area contributed by atoms with Gasteiger partial charge >= 0.3 is 18.1 Å². The number of amides is 2. The molecule has 2 amide bonds. The Bertz CT molecular complexity index is 1570. The molecule has 2 aliphatic rings. The first-order valence-corrected chi connectivity index (χ1v) is 14.1. The molecular weight excluding hydrogens is 633 g/mol. The SMILES string of the molecule is N=C(N)c1ccc(N2CCN(CC(=O)NC[C@H](NS(=O)(=O)c3ccc4c(c3)OCO4)C(=O)O)C(=O)C2)cc1.O=C(O)C(F)(F)F. The van der Waals surface area contributed by atoms with Crippen molar-refractivity contribution in [3.8, 4) is 11.5 Å². The van der Waals surface area contributed by atoms with Gasteiger partial charge in [0.25, 0.3) is 0 Å². The van der Waals surface area contributed by atoms with Gasteiger partial charge in [-0.3, -0.25) is 19.8 Å². The molecule has 16 nitrogen and oxygen atoms in total. The molecule has 0 spiro atoms. The third kappa shape index (κ3) is 9.44. The number of halogens is 3. The van der Waals surface area contributed by atoms with E-state index in [9.17, 15) is 41.1 Å². The molecule has 1 fully saturated rings. The first-order valence-electron chi connectivity index (χ1n) is 12.7. The van der Waals surface area contributed by atoms with Crippen molar-refractivity contribution < 1.29 is 60.5 Å². The molecule has 2 aliphatic heterocycles. The number of alkyl halides is 3. The normalized spacial score (nSPS) is 15.0. The maximum atomic E-state index is 12.7. The van der Waals surface area contributed by atoms with Gasteiger partial charge in [-0.25, -0.2) is 13.2 Å². The van der Waals surface area contributed by atoms with E-state index in [1.54, 1.807) is 24.3 Å². The number of carbonyl (C=O) groups is 4. The Morgan fingerprint density at radius 2 is 1.67 bits per heavy atom. The van der Waals surface area contributed by atoms with Gasteiger partial charge in [0.05, 0.1) is 18.0 Å². The number of nitrogen functional groups attached to an aromatic ring is 1. The molecule has 20 heteroatoms. The number of hydrogen-bond acceptors (Lipinski definition) is 10. The maximum absolute atomic E-state index is 12.7. The second kappa shape index (κ2) is 14.1. The number of aliphatic carboxylic acids is 2. The highest BCUT2D eigenvalue weighted by atomic mass is 32.2. The van der Waals surface area contributed by atoms with Crippen LogP contribution < -0.4 is 30.1 Å². The van der Waals surface area contributed by atoms with E-state index in [1.165, 1.54) is 23.1 Å². The van der Waals surface area contributed by atoms with Crippen molar-refractivity contribution in [1.82, 2.24) is 14.9 Å². The number of fused-ring (bicyclic) bond motifs is 1. The number of carboxylic acids is 2. The molecule has 0 aromatic heterocycles. The third-order valence-corrected chi connectivity index (χ3v) is 7.66. The van der Waals surface area contributed by atoms with E-state index in [4.69, 9.17) is 30.5 Å². The van der Waals surface area contributed by atoms with Crippen LogP contribution in [0.1, 0.15) is 5.56 Å². The molecule has 2 aromatic rings. The molecule has 0 saturated carbocycles. The number of carbonyl (C=O) groups excluding carboxylic acids is 2. The quantitative estimate of drug-likeness (QED) is 0.140. The number of rotatable bonds is 10. The van der Waals surface area contributed by atoms with Gasteiger partial charge in [0.15, 0.2) is 11.5 Å². The van der Waals surface area contributed by atoms with Crippen LogP contribution in [0.15, 0.2) is 47.4 Å². The van der Waals surface area contributed by atoms with Crippen LogP contribution in [0.5, 0.6) is 11.5 Å². The number of amidine groups is 1. The molecule has 2 heterocycles. The van der Waals surface area contributed by atoms with Gasteiger partial charge in [-0.2, -0.15) is 17.9 Å². The zero-order valence-corrected chi connectivity index (χ0v) is 23.9. The van der Waals surface area contributed by atoms with Crippen molar-refractivity contribution in [3.63, 3.8) is 0 Å². The summed E-state index contributed by atoms with van der Waals surface area (Å²) in [6.45, 7) is -0.168. The Hall–Kier alpha value is -5.11. The molecule has 1 saturated heterocycles. The summed E-state index contributed by atoms with van der Waals surface area (Å²) in [5.41, 5.74) is 6.79. The summed E-state index contributed by atoms with van der Waals surface area (Å²) in [5, 5.41) is 26.4. The largest absolute Gasteiger partial charge is 0.490 e. The monoisotopic (exact) mass is 660 g/mol. The van der Waals surface area contributed by atoms with Crippen molar-refractivity contribution >= 4 is 45.3 Å². The van der Waals surface area contributed by atoms with Crippen LogP contribution in [0.25, 0.3) is 0 Å². The number of nitrogens with zero attached hydrogens (tertiary/aromatic N) is 2. The van der Waals surface area contributed by atoms with Crippen LogP contribution in [-0.2, 0) is 29.2 Å². The average molecular weight is 661 g/mol. The third-order valence-electron chi connectivity index (χ3n) is 6.19. The van der Waals surface area contributed by atoms with E-state index in [0.29, 0.717) is 17.9 Å². The maximum Gasteiger partial charge on any atom is 0.490 e. The van der Waals surface area contributed by atoms with Crippen molar-refractivity contribution in [1.29, 1.82) is 5.41 Å². The fourth-order valence-electron chi connectivity index (χ4n) is 3.87. The van der Waals surface area contributed by atoms with E-state index >= 15 is 0 Å². The molecule has 4 rings (SSSR count). The van der Waals surface area contributed by atoms with Gasteiger partial charge < -0.3 is 40.5 Å². The minimum absolute atomic E-state index is 0.0276. The van der Waals surface area contributed by atoms with E-state index in [0.717, 1.165) is 5.69 Å². The van der Waals surface area contributed by atoms with Crippen LogP contribution in [-0.4, -0.2) is 105 Å². The number of carboxylic acid groups (broad SMARTS) is 2. The summed E-state index contributed by atoms with van der Waals surface area (Å²) in [7, 11) is -4.26. The Morgan fingerprint density at radius 3 is 2.22 bits per heavy atom. The molecule has 45 heavy (non-hydrogen) atoms. The predicted molar refractivity (Wildman–Crippen MR) is 147 cm³/mol. The minimum Gasteiger partial charge on any atom is -0.480 e. The number of anilines is 1. The van der Waals surface area contributed by atoms with Gasteiger partial charge in [-0.15, -0.1) is 0 Å². The first kappa shape index (κ1) is 34.4. The predicted octanol–water partition coefficient (Wildman–Crippen LogP) is -0.471. The van der Waals surface area contributed by atoms with Crippen LogP contribution in [0.4, 0.5) is 18.9 Å². The summed E-state index contributed by atoms with van der Waals surface area (Å²) in [6, 6.07) is 9.07. The van der Waals surface area contributed by atoms with Crippen LogP contribution in [0, 0.1) is 5.41 Å². The van der Waals surface area contributed by atoms with Gasteiger partial charge in [-0.05, 0) is 36.4 Å².